The number of amides is 1. The number of ether oxygens (including phenoxy) is 2. The van der Waals surface area contributed by atoms with Crippen LogP contribution in [0.2, 0.25) is 0 Å². The first-order valence-electron chi connectivity index (χ1n) is 9.71. The predicted octanol–water partition coefficient (Wildman–Crippen LogP) is 4.23. The van der Waals surface area contributed by atoms with Gasteiger partial charge in [-0.3, -0.25) is 4.79 Å². The fourth-order valence-corrected chi connectivity index (χ4v) is 4.11. The smallest absolute Gasteiger partial charge is 0.253 e. The van der Waals surface area contributed by atoms with E-state index in [1.54, 1.807) is 7.11 Å². The maximum atomic E-state index is 12.9. The van der Waals surface area contributed by atoms with Gasteiger partial charge in [0.1, 0.15) is 5.75 Å². The SMILES string of the molecule is CCOCCNC(=O)c1c(C)n(C2CCCCC2)c2ccc(OC)cc12. The molecule has 1 fully saturated rings. The highest BCUT2D eigenvalue weighted by molar-refractivity contribution is 6.08. The predicted molar refractivity (Wildman–Crippen MR) is 104 cm³/mol. The van der Waals surface area contributed by atoms with Gasteiger partial charge in [-0.2, -0.15) is 0 Å². The highest BCUT2D eigenvalue weighted by Crippen LogP contribution is 2.37. The molecule has 0 radical (unpaired) electrons. The molecular formula is C21H30N2O3. The van der Waals surface area contributed by atoms with E-state index in [1.807, 2.05) is 19.1 Å². The van der Waals surface area contributed by atoms with Crippen LogP contribution in [0, 0.1) is 6.92 Å². The third-order valence-electron chi connectivity index (χ3n) is 5.36. The van der Waals surface area contributed by atoms with Gasteiger partial charge in [-0.1, -0.05) is 19.3 Å². The zero-order valence-electron chi connectivity index (χ0n) is 16.1. The average molecular weight is 358 g/mol. The van der Waals surface area contributed by atoms with Crippen LogP contribution in [0.5, 0.6) is 5.75 Å². The second kappa shape index (κ2) is 8.58. The van der Waals surface area contributed by atoms with Crippen molar-refractivity contribution in [2.45, 2.75) is 52.0 Å². The molecule has 26 heavy (non-hydrogen) atoms. The fourth-order valence-electron chi connectivity index (χ4n) is 4.11. The van der Waals surface area contributed by atoms with E-state index in [1.165, 1.54) is 32.1 Å². The number of hydrogen-bond donors (Lipinski definition) is 1. The van der Waals surface area contributed by atoms with Gasteiger partial charge >= 0.3 is 0 Å². The van der Waals surface area contributed by atoms with Crippen LogP contribution in [-0.4, -0.2) is 37.3 Å². The van der Waals surface area contributed by atoms with Crippen molar-refractivity contribution < 1.29 is 14.3 Å². The van der Waals surface area contributed by atoms with Crippen LogP contribution in [0.15, 0.2) is 18.2 Å². The van der Waals surface area contributed by atoms with E-state index in [0.717, 1.165) is 27.9 Å². The van der Waals surface area contributed by atoms with Gasteiger partial charge in [-0.15, -0.1) is 0 Å². The zero-order chi connectivity index (χ0) is 18.5. The number of nitrogens with zero attached hydrogens (tertiary/aromatic N) is 1. The summed E-state index contributed by atoms with van der Waals surface area (Å²) in [6, 6.07) is 6.54. The number of methoxy groups -OCH3 is 1. The maximum Gasteiger partial charge on any atom is 0.253 e. The Kier molecular flexibility index (Phi) is 6.20. The van der Waals surface area contributed by atoms with Crippen molar-refractivity contribution in [3.63, 3.8) is 0 Å². The van der Waals surface area contributed by atoms with Gasteiger partial charge in [-0.25, -0.2) is 0 Å². The van der Waals surface area contributed by atoms with Crippen molar-refractivity contribution in [3.05, 3.63) is 29.5 Å². The second-order valence-electron chi connectivity index (χ2n) is 6.96. The Balaban J connectivity index is 1.99. The lowest BCUT2D eigenvalue weighted by molar-refractivity contribution is 0.0923. The minimum Gasteiger partial charge on any atom is -0.497 e. The normalized spacial score (nSPS) is 15.3. The van der Waals surface area contributed by atoms with Crippen LogP contribution < -0.4 is 10.1 Å². The summed E-state index contributed by atoms with van der Waals surface area (Å²) in [5.74, 6) is 0.747. The van der Waals surface area contributed by atoms with Crippen molar-refractivity contribution in [2.24, 2.45) is 0 Å². The Bertz CT molecular complexity index is 760. The standard InChI is InChI=1S/C21H30N2O3/c1-4-26-13-12-22-21(24)20-15(2)23(16-8-6-5-7-9-16)19-11-10-17(25-3)14-18(19)20/h10-11,14,16H,4-9,12-13H2,1-3H3,(H,22,24). The quantitative estimate of drug-likeness (QED) is 0.754. The Morgan fingerprint density at radius 1 is 1.27 bits per heavy atom. The van der Waals surface area contributed by atoms with Crippen molar-refractivity contribution in [3.8, 4) is 5.75 Å². The van der Waals surface area contributed by atoms with Crippen LogP contribution in [0.1, 0.15) is 61.1 Å². The number of rotatable bonds is 7. The van der Waals surface area contributed by atoms with E-state index in [0.29, 0.717) is 25.8 Å². The Hall–Kier alpha value is -2.01. The molecule has 1 heterocycles. The molecule has 1 aliphatic rings. The Labute approximate surface area is 155 Å². The summed E-state index contributed by atoms with van der Waals surface area (Å²) in [5.41, 5.74) is 2.94. The molecule has 5 nitrogen and oxygen atoms in total. The number of nitrogens with one attached hydrogen (secondary N) is 1. The number of carbonyl (C=O) groups is 1. The summed E-state index contributed by atoms with van der Waals surface area (Å²) < 4.78 is 13.1. The molecule has 0 spiro atoms. The van der Waals surface area contributed by atoms with E-state index < -0.39 is 0 Å². The lowest BCUT2D eigenvalue weighted by Crippen LogP contribution is -2.28. The molecule has 1 aromatic carbocycles. The van der Waals surface area contributed by atoms with Gasteiger partial charge in [0.25, 0.3) is 5.91 Å². The van der Waals surface area contributed by atoms with E-state index in [-0.39, 0.29) is 5.91 Å². The highest BCUT2D eigenvalue weighted by atomic mass is 16.5. The minimum absolute atomic E-state index is 0.0324. The molecule has 0 aliphatic heterocycles. The number of benzene rings is 1. The lowest BCUT2D eigenvalue weighted by Gasteiger charge is -2.26. The molecule has 142 valence electrons. The Morgan fingerprint density at radius 2 is 2.04 bits per heavy atom. The van der Waals surface area contributed by atoms with Crippen molar-refractivity contribution >= 4 is 16.8 Å². The summed E-state index contributed by atoms with van der Waals surface area (Å²) in [5, 5.41) is 3.98. The first-order valence-corrected chi connectivity index (χ1v) is 9.71. The van der Waals surface area contributed by atoms with E-state index in [2.05, 4.69) is 22.9 Å². The van der Waals surface area contributed by atoms with Crippen LogP contribution in [0.25, 0.3) is 10.9 Å². The number of carbonyl (C=O) groups excluding carboxylic acids is 1. The molecule has 1 aliphatic carbocycles. The topological polar surface area (TPSA) is 52.5 Å². The van der Waals surface area contributed by atoms with Gasteiger partial charge in [0.15, 0.2) is 0 Å². The van der Waals surface area contributed by atoms with Crippen LogP contribution in [0.3, 0.4) is 0 Å². The van der Waals surface area contributed by atoms with Crippen molar-refractivity contribution in [1.29, 1.82) is 0 Å². The molecule has 0 atom stereocenters. The monoisotopic (exact) mass is 358 g/mol. The number of fused-ring (bicyclic) bond motifs is 1. The molecule has 0 bridgehead atoms. The summed E-state index contributed by atoms with van der Waals surface area (Å²) in [6.07, 6.45) is 6.20. The largest absolute Gasteiger partial charge is 0.497 e. The molecule has 5 heteroatoms. The van der Waals surface area contributed by atoms with Gasteiger partial charge < -0.3 is 19.4 Å². The first kappa shape index (κ1) is 18.8. The summed E-state index contributed by atoms with van der Waals surface area (Å²) in [4.78, 5) is 12.9. The van der Waals surface area contributed by atoms with Crippen molar-refractivity contribution in [2.75, 3.05) is 26.9 Å². The van der Waals surface area contributed by atoms with Crippen LogP contribution in [0.4, 0.5) is 0 Å². The van der Waals surface area contributed by atoms with Gasteiger partial charge in [0.2, 0.25) is 0 Å². The average Bonchev–Trinajstić information content (AvgIpc) is 2.96. The molecular weight excluding hydrogens is 328 g/mol. The molecule has 0 saturated heterocycles. The third kappa shape index (κ3) is 3.73. The molecule has 1 N–H and O–H groups in total. The second-order valence-corrected chi connectivity index (χ2v) is 6.96. The van der Waals surface area contributed by atoms with E-state index >= 15 is 0 Å². The maximum absolute atomic E-state index is 12.9. The molecule has 1 amide bonds. The molecule has 0 unspecified atom stereocenters. The number of aromatic nitrogens is 1. The minimum atomic E-state index is -0.0324. The molecule has 3 rings (SSSR count). The summed E-state index contributed by atoms with van der Waals surface area (Å²) in [7, 11) is 1.66. The lowest BCUT2D eigenvalue weighted by atomic mass is 9.95. The molecule has 2 aromatic rings. The van der Waals surface area contributed by atoms with Gasteiger partial charge in [0, 0.05) is 35.8 Å². The van der Waals surface area contributed by atoms with E-state index in [4.69, 9.17) is 9.47 Å². The number of hydrogen-bond acceptors (Lipinski definition) is 3. The molecule has 1 aromatic heterocycles. The Morgan fingerprint density at radius 3 is 2.73 bits per heavy atom. The molecule has 1 saturated carbocycles. The summed E-state index contributed by atoms with van der Waals surface area (Å²) in [6.45, 7) is 5.74. The first-order chi connectivity index (χ1) is 12.7. The summed E-state index contributed by atoms with van der Waals surface area (Å²) >= 11 is 0. The van der Waals surface area contributed by atoms with Gasteiger partial charge in [-0.05, 0) is 44.9 Å². The van der Waals surface area contributed by atoms with Gasteiger partial charge in [0.05, 0.1) is 19.3 Å². The van der Waals surface area contributed by atoms with Crippen LogP contribution >= 0.6 is 0 Å². The van der Waals surface area contributed by atoms with Crippen molar-refractivity contribution in [1.82, 2.24) is 9.88 Å². The zero-order valence-corrected chi connectivity index (χ0v) is 16.1. The van der Waals surface area contributed by atoms with Crippen LogP contribution in [-0.2, 0) is 4.74 Å². The highest BCUT2D eigenvalue weighted by Gasteiger charge is 2.25. The fraction of sp³-hybridized carbons (Fsp3) is 0.571. The third-order valence-corrected chi connectivity index (χ3v) is 5.36. The van der Waals surface area contributed by atoms with E-state index in [9.17, 15) is 4.79 Å².